The third-order valence-electron chi connectivity index (χ3n) is 6.57. The number of carbonyl (C=O) groups is 2. The molecule has 1 aliphatic carbocycles. The number of methoxy groups -OCH3 is 2. The van der Waals surface area contributed by atoms with E-state index in [1.165, 1.54) is 12.7 Å². The highest BCUT2D eigenvalue weighted by Crippen LogP contribution is 2.45. The van der Waals surface area contributed by atoms with E-state index in [0.29, 0.717) is 13.0 Å². The minimum absolute atomic E-state index is 0.194. The van der Waals surface area contributed by atoms with Crippen molar-refractivity contribution < 1.29 is 19.1 Å². The van der Waals surface area contributed by atoms with Crippen molar-refractivity contribution in [2.24, 2.45) is 0 Å². The first-order chi connectivity index (χ1) is 15.6. The van der Waals surface area contributed by atoms with Gasteiger partial charge in [-0.2, -0.15) is 0 Å². The summed E-state index contributed by atoms with van der Waals surface area (Å²) in [5.74, 6) is 0.832. The van der Waals surface area contributed by atoms with Crippen molar-refractivity contribution in [2.45, 2.75) is 56.8 Å². The molecule has 172 valence electrons. The molecule has 2 aromatic carbocycles. The van der Waals surface area contributed by atoms with Crippen molar-refractivity contribution in [1.29, 1.82) is 0 Å². The molecule has 3 rings (SSSR count). The van der Waals surface area contributed by atoms with Crippen LogP contribution in [0.5, 0.6) is 5.75 Å². The zero-order valence-corrected chi connectivity index (χ0v) is 19.3. The van der Waals surface area contributed by atoms with Crippen LogP contribution in [0.4, 0.5) is 0 Å². The van der Waals surface area contributed by atoms with E-state index in [2.05, 4.69) is 24.3 Å². The molecule has 0 aliphatic heterocycles. The SMILES string of the molecule is COC(=O)CCCCN(CCCc1ccccc1)C(=O)C1(c2ccc(OC)cc2)CCC1. The number of esters is 1. The molecule has 0 radical (unpaired) electrons. The summed E-state index contributed by atoms with van der Waals surface area (Å²) >= 11 is 0. The van der Waals surface area contributed by atoms with Gasteiger partial charge in [-0.15, -0.1) is 0 Å². The Bertz CT molecular complexity index is 859. The lowest BCUT2D eigenvalue weighted by molar-refractivity contribution is -0.141. The molecule has 1 saturated carbocycles. The van der Waals surface area contributed by atoms with Crippen LogP contribution < -0.4 is 4.74 Å². The van der Waals surface area contributed by atoms with Gasteiger partial charge in [0.1, 0.15) is 5.75 Å². The Morgan fingerprint density at radius 2 is 1.59 bits per heavy atom. The van der Waals surface area contributed by atoms with Gasteiger partial charge in [-0.25, -0.2) is 0 Å². The number of nitrogens with zero attached hydrogens (tertiary/aromatic N) is 1. The van der Waals surface area contributed by atoms with Crippen LogP contribution in [0.2, 0.25) is 0 Å². The van der Waals surface area contributed by atoms with E-state index in [1.54, 1.807) is 7.11 Å². The number of aryl methyl sites for hydroxylation is 1. The van der Waals surface area contributed by atoms with E-state index in [-0.39, 0.29) is 11.9 Å². The van der Waals surface area contributed by atoms with E-state index in [1.807, 2.05) is 35.2 Å². The first-order valence-corrected chi connectivity index (χ1v) is 11.6. The maximum Gasteiger partial charge on any atom is 0.305 e. The average Bonchev–Trinajstić information content (AvgIpc) is 2.80. The molecular weight excluding hydrogens is 402 g/mol. The predicted molar refractivity (Wildman–Crippen MR) is 126 cm³/mol. The van der Waals surface area contributed by atoms with Gasteiger partial charge >= 0.3 is 5.97 Å². The Balaban J connectivity index is 1.68. The van der Waals surface area contributed by atoms with E-state index in [4.69, 9.17) is 9.47 Å². The molecule has 0 N–H and O–H groups in total. The highest BCUT2D eigenvalue weighted by Gasteiger charge is 2.47. The van der Waals surface area contributed by atoms with Crippen LogP contribution in [0.15, 0.2) is 54.6 Å². The molecule has 1 fully saturated rings. The maximum absolute atomic E-state index is 13.8. The van der Waals surface area contributed by atoms with Crippen LogP contribution >= 0.6 is 0 Å². The Kier molecular flexibility index (Phi) is 8.72. The second kappa shape index (κ2) is 11.7. The van der Waals surface area contributed by atoms with Gasteiger partial charge in [0, 0.05) is 19.5 Å². The van der Waals surface area contributed by atoms with Gasteiger partial charge in [-0.1, -0.05) is 48.9 Å². The third-order valence-corrected chi connectivity index (χ3v) is 6.57. The van der Waals surface area contributed by atoms with Gasteiger partial charge in [-0.05, 0) is 61.8 Å². The summed E-state index contributed by atoms with van der Waals surface area (Å²) in [5, 5.41) is 0. The fourth-order valence-electron chi connectivity index (χ4n) is 4.48. The quantitative estimate of drug-likeness (QED) is 0.349. The van der Waals surface area contributed by atoms with Crippen LogP contribution in [-0.4, -0.2) is 44.1 Å². The number of rotatable bonds is 12. The Labute approximate surface area is 191 Å². The van der Waals surface area contributed by atoms with E-state index >= 15 is 0 Å². The number of hydrogen-bond donors (Lipinski definition) is 0. The van der Waals surface area contributed by atoms with Crippen LogP contribution in [0.1, 0.15) is 56.1 Å². The molecule has 32 heavy (non-hydrogen) atoms. The first kappa shape index (κ1) is 23.8. The molecule has 0 atom stereocenters. The molecule has 1 amide bonds. The molecule has 0 spiro atoms. The predicted octanol–water partition coefficient (Wildman–Crippen LogP) is 4.92. The summed E-state index contributed by atoms with van der Waals surface area (Å²) in [6, 6.07) is 18.4. The lowest BCUT2D eigenvalue weighted by Crippen LogP contribution is -2.51. The molecule has 2 aromatic rings. The number of hydrogen-bond acceptors (Lipinski definition) is 4. The molecule has 0 bridgehead atoms. The maximum atomic E-state index is 13.8. The number of unbranched alkanes of at least 4 members (excludes halogenated alkanes) is 1. The van der Waals surface area contributed by atoms with Gasteiger partial charge in [0.2, 0.25) is 5.91 Å². The van der Waals surface area contributed by atoms with Crippen molar-refractivity contribution in [3.05, 3.63) is 65.7 Å². The summed E-state index contributed by atoms with van der Waals surface area (Å²) in [4.78, 5) is 27.3. The van der Waals surface area contributed by atoms with Gasteiger partial charge in [-0.3, -0.25) is 9.59 Å². The number of ether oxygens (including phenoxy) is 2. The largest absolute Gasteiger partial charge is 0.497 e. The topological polar surface area (TPSA) is 55.8 Å². The fraction of sp³-hybridized carbons (Fsp3) is 0.481. The normalized spacial score (nSPS) is 14.3. The standard InChI is InChI=1S/C27H35NO4/c1-31-24-16-14-23(15-17-24)27(18-9-19-27)26(30)28(20-7-6-13-25(29)32-2)21-8-12-22-10-4-3-5-11-22/h3-5,10-11,14-17H,6-9,12-13,18-21H2,1-2H3. The monoisotopic (exact) mass is 437 g/mol. The van der Waals surface area contributed by atoms with E-state index in [9.17, 15) is 9.59 Å². The second-order valence-electron chi connectivity index (χ2n) is 8.58. The zero-order valence-electron chi connectivity index (χ0n) is 19.3. The molecular formula is C27H35NO4. The van der Waals surface area contributed by atoms with Crippen LogP contribution in [0, 0.1) is 0 Å². The highest BCUT2D eigenvalue weighted by molar-refractivity contribution is 5.89. The van der Waals surface area contributed by atoms with Crippen molar-refractivity contribution >= 4 is 11.9 Å². The van der Waals surface area contributed by atoms with Gasteiger partial charge in [0.15, 0.2) is 0 Å². The number of amides is 1. The average molecular weight is 438 g/mol. The fourth-order valence-corrected chi connectivity index (χ4v) is 4.48. The Hall–Kier alpha value is -2.82. The van der Waals surface area contributed by atoms with Gasteiger partial charge < -0.3 is 14.4 Å². The van der Waals surface area contributed by atoms with Gasteiger partial charge in [0.25, 0.3) is 0 Å². The molecule has 0 heterocycles. The minimum atomic E-state index is -0.429. The summed E-state index contributed by atoms with van der Waals surface area (Å²) in [7, 11) is 3.07. The summed E-state index contributed by atoms with van der Waals surface area (Å²) in [5.41, 5.74) is 1.94. The summed E-state index contributed by atoms with van der Waals surface area (Å²) < 4.78 is 10.0. The Morgan fingerprint density at radius 1 is 0.906 bits per heavy atom. The molecule has 5 nitrogen and oxygen atoms in total. The molecule has 5 heteroatoms. The number of benzene rings is 2. The molecule has 1 aliphatic rings. The molecule has 0 saturated heterocycles. The minimum Gasteiger partial charge on any atom is -0.497 e. The van der Waals surface area contributed by atoms with Crippen LogP contribution in [0.25, 0.3) is 0 Å². The van der Waals surface area contributed by atoms with Crippen LogP contribution in [0.3, 0.4) is 0 Å². The lowest BCUT2D eigenvalue weighted by Gasteiger charge is -2.44. The van der Waals surface area contributed by atoms with E-state index < -0.39 is 5.41 Å². The number of carbonyl (C=O) groups excluding carboxylic acids is 2. The molecule has 0 unspecified atom stereocenters. The van der Waals surface area contributed by atoms with Crippen molar-refractivity contribution in [3.63, 3.8) is 0 Å². The third kappa shape index (κ3) is 5.90. The smallest absolute Gasteiger partial charge is 0.305 e. The second-order valence-corrected chi connectivity index (χ2v) is 8.58. The van der Waals surface area contributed by atoms with Gasteiger partial charge in [0.05, 0.1) is 19.6 Å². The molecule has 0 aromatic heterocycles. The lowest BCUT2D eigenvalue weighted by atomic mass is 9.63. The van der Waals surface area contributed by atoms with Crippen molar-refractivity contribution in [2.75, 3.05) is 27.3 Å². The highest BCUT2D eigenvalue weighted by atomic mass is 16.5. The Morgan fingerprint density at radius 3 is 2.19 bits per heavy atom. The van der Waals surface area contributed by atoms with Crippen molar-refractivity contribution in [1.82, 2.24) is 4.90 Å². The van der Waals surface area contributed by atoms with Crippen LogP contribution in [-0.2, 0) is 26.2 Å². The zero-order chi connectivity index (χ0) is 22.8. The summed E-state index contributed by atoms with van der Waals surface area (Å²) in [6.45, 7) is 1.40. The first-order valence-electron chi connectivity index (χ1n) is 11.6. The van der Waals surface area contributed by atoms with Crippen molar-refractivity contribution in [3.8, 4) is 5.75 Å². The summed E-state index contributed by atoms with van der Waals surface area (Å²) in [6.07, 6.45) is 6.62. The van der Waals surface area contributed by atoms with E-state index in [0.717, 1.165) is 62.8 Å².